The first-order chi connectivity index (χ1) is 8.72. The summed E-state index contributed by atoms with van der Waals surface area (Å²) in [5, 5.41) is 0. The minimum Gasteiger partial charge on any atom is -0.367 e. The van der Waals surface area contributed by atoms with Crippen LogP contribution in [0.4, 0.5) is 0 Å². The van der Waals surface area contributed by atoms with Gasteiger partial charge >= 0.3 is 0 Å². The van der Waals surface area contributed by atoms with E-state index < -0.39 is 0 Å². The molecule has 0 atom stereocenters. The van der Waals surface area contributed by atoms with Crippen LogP contribution in [0, 0.1) is 5.92 Å². The Hall–Kier alpha value is -1.58. The molecule has 0 saturated carbocycles. The molecule has 0 unspecified atom stereocenters. The van der Waals surface area contributed by atoms with Crippen molar-refractivity contribution >= 4 is 5.91 Å². The van der Waals surface area contributed by atoms with Gasteiger partial charge in [-0.2, -0.15) is 0 Å². The third-order valence-corrected chi connectivity index (χ3v) is 3.65. The predicted molar refractivity (Wildman–Crippen MR) is 70.6 cm³/mol. The van der Waals surface area contributed by atoms with Crippen molar-refractivity contribution in [2.45, 2.75) is 32.6 Å². The standard InChI is InChI=1S/C14H20N2O2/c1-2-3-11-5-8-16(9-6-11)14(18)12-10-15-7-4-13(12)17/h4,7,10-11H,2-3,5-6,8-9H2,1H3,(H,15,17). The van der Waals surface area contributed by atoms with Crippen LogP contribution in [-0.2, 0) is 0 Å². The molecule has 1 aliphatic rings. The summed E-state index contributed by atoms with van der Waals surface area (Å²) in [6.07, 6.45) is 7.62. The fourth-order valence-electron chi connectivity index (χ4n) is 2.59. The lowest BCUT2D eigenvalue weighted by atomic mass is 9.92. The van der Waals surface area contributed by atoms with Crippen LogP contribution in [-0.4, -0.2) is 28.9 Å². The molecule has 0 bridgehead atoms. The third-order valence-electron chi connectivity index (χ3n) is 3.65. The van der Waals surface area contributed by atoms with Gasteiger partial charge in [-0.25, -0.2) is 0 Å². The molecule has 0 aromatic carbocycles. The van der Waals surface area contributed by atoms with E-state index in [4.69, 9.17) is 0 Å². The molecule has 1 N–H and O–H groups in total. The van der Waals surface area contributed by atoms with Crippen molar-refractivity contribution in [2.24, 2.45) is 5.92 Å². The summed E-state index contributed by atoms with van der Waals surface area (Å²) in [5.41, 5.74) is 0.0564. The molecule has 1 amide bonds. The number of aromatic amines is 1. The van der Waals surface area contributed by atoms with Crippen molar-refractivity contribution in [3.63, 3.8) is 0 Å². The number of pyridine rings is 1. The van der Waals surface area contributed by atoms with Crippen molar-refractivity contribution < 1.29 is 4.79 Å². The summed E-state index contributed by atoms with van der Waals surface area (Å²) in [4.78, 5) is 28.4. The van der Waals surface area contributed by atoms with E-state index in [0.29, 0.717) is 0 Å². The SMILES string of the molecule is CCCC1CCN(C(=O)c2c[nH]ccc2=O)CC1. The average Bonchev–Trinajstić information content (AvgIpc) is 2.40. The van der Waals surface area contributed by atoms with Crippen LogP contribution in [0.1, 0.15) is 43.0 Å². The van der Waals surface area contributed by atoms with Gasteiger partial charge in [-0.1, -0.05) is 19.8 Å². The first kappa shape index (κ1) is 12.9. The second-order valence-corrected chi connectivity index (χ2v) is 4.95. The van der Waals surface area contributed by atoms with Crippen LogP contribution in [0.25, 0.3) is 0 Å². The Morgan fingerprint density at radius 2 is 2.17 bits per heavy atom. The summed E-state index contributed by atoms with van der Waals surface area (Å²) >= 11 is 0. The van der Waals surface area contributed by atoms with Crippen molar-refractivity contribution in [1.29, 1.82) is 0 Å². The maximum absolute atomic E-state index is 12.2. The average molecular weight is 248 g/mol. The lowest BCUT2D eigenvalue weighted by molar-refractivity contribution is 0.0685. The van der Waals surface area contributed by atoms with Crippen LogP contribution >= 0.6 is 0 Å². The smallest absolute Gasteiger partial charge is 0.259 e. The van der Waals surface area contributed by atoms with E-state index in [2.05, 4.69) is 11.9 Å². The number of amides is 1. The molecule has 1 aromatic heterocycles. The van der Waals surface area contributed by atoms with E-state index in [9.17, 15) is 9.59 Å². The van der Waals surface area contributed by atoms with E-state index >= 15 is 0 Å². The van der Waals surface area contributed by atoms with Gasteiger partial charge < -0.3 is 9.88 Å². The first-order valence-electron chi connectivity index (χ1n) is 6.68. The topological polar surface area (TPSA) is 53.2 Å². The number of piperidine rings is 1. The van der Waals surface area contributed by atoms with Crippen molar-refractivity contribution in [3.8, 4) is 0 Å². The lowest BCUT2D eigenvalue weighted by Gasteiger charge is -2.31. The molecule has 1 aromatic rings. The number of hydrogen-bond donors (Lipinski definition) is 1. The highest BCUT2D eigenvalue weighted by Gasteiger charge is 2.24. The van der Waals surface area contributed by atoms with Crippen LogP contribution in [0.3, 0.4) is 0 Å². The summed E-state index contributed by atoms with van der Waals surface area (Å²) in [6.45, 7) is 3.75. The zero-order valence-corrected chi connectivity index (χ0v) is 10.8. The van der Waals surface area contributed by atoms with Gasteiger partial charge in [-0.15, -0.1) is 0 Å². The van der Waals surface area contributed by atoms with E-state index in [1.54, 1.807) is 11.1 Å². The van der Waals surface area contributed by atoms with Gasteiger partial charge in [0, 0.05) is 31.5 Å². The summed E-state index contributed by atoms with van der Waals surface area (Å²) in [6, 6.07) is 1.40. The number of hydrogen-bond acceptors (Lipinski definition) is 2. The van der Waals surface area contributed by atoms with Gasteiger partial charge in [0.2, 0.25) is 0 Å². The zero-order chi connectivity index (χ0) is 13.0. The number of likely N-dealkylation sites (tertiary alicyclic amines) is 1. The van der Waals surface area contributed by atoms with Gasteiger partial charge in [0.15, 0.2) is 5.43 Å². The number of aromatic nitrogens is 1. The van der Waals surface area contributed by atoms with Gasteiger partial charge in [-0.05, 0) is 18.8 Å². The number of nitrogens with one attached hydrogen (secondary N) is 1. The monoisotopic (exact) mass is 248 g/mol. The Morgan fingerprint density at radius 1 is 1.44 bits per heavy atom. The molecule has 0 aliphatic carbocycles. The minimum atomic E-state index is -0.200. The summed E-state index contributed by atoms with van der Waals surface area (Å²) in [7, 11) is 0. The third kappa shape index (κ3) is 2.81. The van der Waals surface area contributed by atoms with Crippen LogP contribution < -0.4 is 5.43 Å². The van der Waals surface area contributed by atoms with E-state index in [-0.39, 0.29) is 16.9 Å². The summed E-state index contributed by atoms with van der Waals surface area (Å²) < 4.78 is 0. The largest absolute Gasteiger partial charge is 0.367 e. The van der Waals surface area contributed by atoms with E-state index in [1.165, 1.54) is 25.1 Å². The number of carbonyl (C=O) groups is 1. The van der Waals surface area contributed by atoms with Gasteiger partial charge in [0.25, 0.3) is 5.91 Å². The van der Waals surface area contributed by atoms with Crippen LogP contribution in [0.5, 0.6) is 0 Å². The molecule has 1 fully saturated rings. The van der Waals surface area contributed by atoms with Crippen LogP contribution in [0.2, 0.25) is 0 Å². The Kier molecular flexibility index (Phi) is 4.18. The second kappa shape index (κ2) is 5.85. The molecule has 98 valence electrons. The number of H-pyrrole nitrogens is 1. The van der Waals surface area contributed by atoms with Gasteiger partial charge in [0.1, 0.15) is 5.56 Å². The molecule has 2 rings (SSSR count). The molecule has 0 radical (unpaired) electrons. The maximum atomic E-state index is 12.2. The molecule has 0 spiro atoms. The molecule has 4 nitrogen and oxygen atoms in total. The number of carbonyl (C=O) groups excluding carboxylic acids is 1. The summed E-state index contributed by atoms with van der Waals surface area (Å²) in [5.74, 6) is 0.611. The van der Waals surface area contributed by atoms with Crippen molar-refractivity contribution in [1.82, 2.24) is 9.88 Å². The molecule has 2 heterocycles. The lowest BCUT2D eigenvalue weighted by Crippen LogP contribution is -2.40. The minimum absolute atomic E-state index is 0.133. The van der Waals surface area contributed by atoms with E-state index in [1.807, 2.05) is 0 Å². The molecule has 18 heavy (non-hydrogen) atoms. The quantitative estimate of drug-likeness (QED) is 0.889. The van der Waals surface area contributed by atoms with E-state index in [0.717, 1.165) is 31.8 Å². The Balaban J connectivity index is 2.00. The second-order valence-electron chi connectivity index (χ2n) is 4.95. The fraction of sp³-hybridized carbons (Fsp3) is 0.571. The van der Waals surface area contributed by atoms with Crippen molar-refractivity contribution in [2.75, 3.05) is 13.1 Å². The zero-order valence-electron chi connectivity index (χ0n) is 10.8. The molecular formula is C14H20N2O2. The highest BCUT2D eigenvalue weighted by Crippen LogP contribution is 2.22. The maximum Gasteiger partial charge on any atom is 0.259 e. The molecule has 4 heteroatoms. The Morgan fingerprint density at radius 3 is 2.78 bits per heavy atom. The molecule has 1 saturated heterocycles. The van der Waals surface area contributed by atoms with Crippen LogP contribution in [0.15, 0.2) is 23.3 Å². The molecular weight excluding hydrogens is 228 g/mol. The number of nitrogens with zero attached hydrogens (tertiary/aromatic N) is 1. The normalized spacial score (nSPS) is 16.8. The van der Waals surface area contributed by atoms with Gasteiger partial charge in [0.05, 0.1) is 0 Å². The Bertz CT molecular complexity index is 459. The fourth-order valence-corrected chi connectivity index (χ4v) is 2.59. The predicted octanol–water partition coefficient (Wildman–Crippen LogP) is 2.03. The number of rotatable bonds is 3. The molecule has 1 aliphatic heterocycles. The highest BCUT2D eigenvalue weighted by atomic mass is 16.2. The Labute approximate surface area is 107 Å². The van der Waals surface area contributed by atoms with Gasteiger partial charge in [-0.3, -0.25) is 9.59 Å². The van der Waals surface area contributed by atoms with Crippen molar-refractivity contribution in [3.05, 3.63) is 34.2 Å². The highest BCUT2D eigenvalue weighted by molar-refractivity contribution is 5.93. The first-order valence-corrected chi connectivity index (χ1v) is 6.68.